The van der Waals surface area contributed by atoms with Crippen molar-refractivity contribution in [3.63, 3.8) is 0 Å². The zero-order valence-electron chi connectivity index (χ0n) is 17.3. The zero-order valence-corrected chi connectivity index (χ0v) is 18.1. The molecule has 5 rings (SSSR count). The van der Waals surface area contributed by atoms with Crippen molar-refractivity contribution in [3.05, 3.63) is 106 Å². The van der Waals surface area contributed by atoms with Gasteiger partial charge in [-0.25, -0.2) is 0 Å². The molecule has 3 aliphatic rings. The molecule has 29 heavy (non-hydrogen) atoms. The van der Waals surface area contributed by atoms with E-state index < -0.39 is 0 Å². The Bertz CT molecular complexity index is 1090. The van der Waals surface area contributed by atoms with Crippen LogP contribution in [0.25, 0.3) is 11.1 Å². The van der Waals surface area contributed by atoms with E-state index in [-0.39, 0.29) is 0 Å². The first-order valence-corrected chi connectivity index (χ1v) is 11.6. The number of hydrogen-bond donors (Lipinski definition) is 0. The average molecular weight is 397 g/mol. The highest BCUT2D eigenvalue weighted by molar-refractivity contribution is 7.10. The summed E-state index contributed by atoms with van der Waals surface area (Å²) >= 11 is 1.83. The van der Waals surface area contributed by atoms with Crippen molar-refractivity contribution in [2.45, 2.75) is 33.1 Å². The van der Waals surface area contributed by atoms with Gasteiger partial charge in [0.15, 0.2) is 0 Å². The van der Waals surface area contributed by atoms with E-state index in [1.165, 1.54) is 45.6 Å². The Kier molecular flexibility index (Phi) is 4.59. The Balaban J connectivity index is 1.34. The lowest BCUT2D eigenvalue weighted by atomic mass is 9.75. The van der Waals surface area contributed by atoms with Gasteiger partial charge in [-0.05, 0) is 83.7 Å². The van der Waals surface area contributed by atoms with Gasteiger partial charge in [-0.3, -0.25) is 0 Å². The minimum Gasteiger partial charge on any atom is -0.149 e. The van der Waals surface area contributed by atoms with Crippen LogP contribution in [0.4, 0.5) is 0 Å². The molecule has 0 bridgehead atoms. The van der Waals surface area contributed by atoms with Gasteiger partial charge in [0.05, 0.1) is 0 Å². The molecule has 0 aliphatic heterocycles. The molecule has 1 fully saturated rings. The minimum atomic E-state index is 0.382. The average Bonchev–Trinajstić information content (AvgIpc) is 3.05. The molecule has 3 atom stereocenters. The van der Waals surface area contributed by atoms with Crippen LogP contribution in [0.3, 0.4) is 0 Å². The summed E-state index contributed by atoms with van der Waals surface area (Å²) in [5.41, 5.74) is 8.90. The second-order valence-electron chi connectivity index (χ2n) is 8.67. The lowest BCUT2D eigenvalue weighted by Gasteiger charge is -2.29. The van der Waals surface area contributed by atoms with E-state index in [1.54, 1.807) is 5.57 Å². The van der Waals surface area contributed by atoms with Crippen LogP contribution in [0.15, 0.2) is 95.5 Å². The summed E-state index contributed by atoms with van der Waals surface area (Å²) in [5, 5.41) is 2.27. The number of benzene rings is 1. The third kappa shape index (κ3) is 3.13. The molecule has 1 saturated carbocycles. The molecule has 0 saturated heterocycles. The van der Waals surface area contributed by atoms with Crippen LogP contribution in [-0.4, -0.2) is 0 Å². The molecular weight excluding hydrogens is 368 g/mol. The molecule has 0 spiro atoms. The highest BCUT2D eigenvalue weighted by Crippen LogP contribution is 2.67. The summed E-state index contributed by atoms with van der Waals surface area (Å²) in [6, 6.07) is 11.5. The van der Waals surface area contributed by atoms with Crippen molar-refractivity contribution in [2.75, 3.05) is 0 Å². The quantitative estimate of drug-likeness (QED) is 0.344. The van der Waals surface area contributed by atoms with Crippen molar-refractivity contribution in [2.24, 2.45) is 17.3 Å². The number of thiophene rings is 1. The molecule has 0 radical (unpaired) electrons. The van der Waals surface area contributed by atoms with Crippen molar-refractivity contribution in [1.82, 2.24) is 0 Å². The van der Waals surface area contributed by atoms with E-state index in [4.69, 9.17) is 0 Å². The largest absolute Gasteiger partial charge is 0.149 e. The van der Waals surface area contributed by atoms with E-state index in [2.05, 4.69) is 86.5 Å². The van der Waals surface area contributed by atoms with Gasteiger partial charge in [-0.2, -0.15) is 0 Å². The maximum Gasteiger partial charge on any atom is 0.0243 e. The summed E-state index contributed by atoms with van der Waals surface area (Å²) in [5.74, 6) is 1.19. The molecule has 0 nitrogen and oxygen atoms in total. The Morgan fingerprint density at radius 2 is 2.10 bits per heavy atom. The molecule has 0 amide bonds. The summed E-state index contributed by atoms with van der Waals surface area (Å²) in [7, 11) is 0. The molecule has 1 aromatic heterocycles. The SMILES string of the molecule is C=C/C(=C\C)C1=CC=C2C1C=CC1CC21CCc1cccc(-c2csc(C)c2)c1. The minimum absolute atomic E-state index is 0.382. The first kappa shape index (κ1) is 18.6. The standard InChI is InChI=1S/C28H28S/c1-4-21(5-2)25-11-12-27-26(25)10-9-24-17-28(24,27)14-13-20-7-6-8-22(16-20)23-15-19(3)29-18-23/h4-12,15-16,18,24,26H,1,13-14,17H2,2-3H3/b21-5+. The lowest BCUT2D eigenvalue weighted by Crippen LogP contribution is -2.19. The fourth-order valence-electron chi connectivity index (χ4n) is 5.38. The van der Waals surface area contributed by atoms with Gasteiger partial charge in [0.25, 0.3) is 0 Å². The summed E-state index contributed by atoms with van der Waals surface area (Å²) < 4.78 is 0. The monoisotopic (exact) mass is 396 g/mol. The van der Waals surface area contributed by atoms with Gasteiger partial charge in [0, 0.05) is 10.8 Å². The molecule has 1 heterocycles. The molecule has 146 valence electrons. The second kappa shape index (κ2) is 7.15. The Hall–Kier alpha value is -2.38. The second-order valence-corrected chi connectivity index (χ2v) is 9.78. The van der Waals surface area contributed by atoms with Gasteiger partial charge < -0.3 is 0 Å². The fraction of sp³-hybridized carbons (Fsp3) is 0.286. The van der Waals surface area contributed by atoms with Crippen molar-refractivity contribution < 1.29 is 0 Å². The molecule has 1 aromatic carbocycles. The van der Waals surface area contributed by atoms with Gasteiger partial charge in [0.1, 0.15) is 0 Å². The van der Waals surface area contributed by atoms with Crippen LogP contribution in [0.1, 0.15) is 30.2 Å². The third-order valence-electron chi connectivity index (χ3n) is 7.07. The zero-order chi connectivity index (χ0) is 20.0. The van der Waals surface area contributed by atoms with Crippen molar-refractivity contribution in [1.29, 1.82) is 0 Å². The first-order chi connectivity index (χ1) is 14.1. The number of aryl methyl sites for hydroxylation is 2. The summed E-state index contributed by atoms with van der Waals surface area (Å²) in [6.45, 7) is 8.31. The van der Waals surface area contributed by atoms with Crippen LogP contribution in [0, 0.1) is 24.2 Å². The number of rotatable bonds is 6. The Morgan fingerprint density at radius 1 is 1.21 bits per heavy atom. The van der Waals surface area contributed by atoms with Crippen LogP contribution < -0.4 is 0 Å². The first-order valence-electron chi connectivity index (χ1n) is 10.7. The fourth-order valence-corrected chi connectivity index (χ4v) is 6.09. The lowest BCUT2D eigenvalue weighted by molar-refractivity contribution is 0.479. The van der Waals surface area contributed by atoms with Crippen LogP contribution in [0.5, 0.6) is 0 Å². The molecule has 2 aromatic rings. The van der Waals surface area contributed by atoms with Crippen LogP contribution in [0.2, 0.25) is 0 Å². The molecule has 3 aliphatic carbocycles. The number of allylic oxidation sites excluding steroid dienone is 9. The van der Waals surface area contributed by atoms with E-state index in [0.29, 0.717) is 11.3 Å². The van der Waals surface area contributed by atoms with Crippen molar-refractivity contribution >= 4 is 11.3 Å². The highest BCUT2D eigenvalue weighted by Gasteiger charge is 2.58. The van der Waals surface area contributed by atoms with E-state index in [1.807, 2.05) is 17.4 Å². The molecule has 3 unspecified atom stereocenters. The molecule has 0 N–H and O–H groups in total. The highest BCUT2D eigenvalue weighted by atomic mass is 32.1. The summed E-state index contributed by atoms with van der Waals surface area (Å²) in [6.07, 6.45) is 17.6. The van der Waals surface area contributed by atoms with Gasteiger partial charge in [-0.15, -0.1) is 11.3 Å². The topological polar surface area (TPSA) is 0 Å². The van der Waals surface area contributed by atoms with Crippen LogP contribution >= 0.6 is 11.3 Å². The van der Waals surface area contributed by atoms with Gasteiger partial charge in [-0.1, -0.05) is 72.9 Å². The smallest absolute Gasteiger partial charge is 0.0243 e. The molecule has 1 heteroatoms. The third-order valence-corrected chi connectivity index (χ3v) is 7.93. The maximum absolute atomic E-state index is 4.02. The van der Waals surface area contributed by atoms with Gasteiger partial charge >= 0.3 is 0 Å². The maximum atomic E-state index is 4.02. The number of hydrogen-bond acceptors (Lipinski definition) is 1. The van der Waals surface area contributed by atoms with Crippen molar-refractivity contribution in [3.8, 4) is 11.1 Å². The van der Waals surface area contributed by atoms with E-state index in [0.717, 1.165) is 12.3 Å². The predicted molar refractivity (Wildman–Crippen MR) is 126 cm³/mol. The van der Waals surface area contributed by atoms with E-state index in [9.17, 15) is 0 Å². The molecular formula is C28H28S. The van der Waals surface area contributed by atoms with Crippen LogP contribution in [-0.2, 0) is 6.42 Å². The number of fused-ring (bicyclic) bond motifs is 3. The van der Waals surface area contributed by atoms with E-state index >= 15 is 0 Å². The summed E-state index contributed by atoms with van der Waals surface area (Å²) in [4.78, 5) is 1.38. The Labute approximate surface area is 178 Å². The predicted octanol–water partition coefficient (Wildman–Crippen LogP) is 7.85. The van der Waals surface area contributed by atoms with Gasteiger partial charge in [0.2, 0.25) is 0 Å². The Morgan fingerprint density at radius 3 is 2.86 bits per heavy atom. The normalized spacial score (nSPS) is 27.2.